The topological polar surface area (TPSA) is 70.4 Å². The molecular formula is C10H15NO3. The summed E-state index contributed by atoms with van der Waals surface area (Å²) in [5.41, 5.74) is 0. The van der Waals surface area contributed by atoms with Gasteiger partial charge in [0, 0.05) is 6.61 Å². The number of fused-ring (bicyclic) bond motifs is 1. The number of cyclic esters (lactones) is 1. The van der Waals surface area contributed by atoms with E-state index in [4.69, 9.17) is 15.3 Å². The number of rotatable bonds is 0. The molecule has 2 N–H and O–H groups in total. The zero-order valence-electron chi connectivity index (χ0n) is 8.19. The lowest BCUT2D eigenvalue weighted by Gasteiger charge is -2.13. The summed E-state index contributed by atoms with van der Waals surface area (Å²) >= 11 is 0. The van der Waals surface area contributed by atoms with E-state index in [2.05, 4.69) is 0 Å². The summed E-state index contributed by atoms with van der Waals surface area (Å²) in [5, 5.41) is 14.9. The Kier molecular flexibility index (Phi) is 3.83. The average Bonchev–Trinajstić information content (AvgIpc) is 2.45. The standard InChI is InChI=1S/C8H9NO2.C2H6O/c9-7-5-3-1-2-4-6(5)8(10)11-7;1-2-3/h1,3,5-6,9H,2,4H2;3H,2H2,1H3. The van der Waals surface area contributed by atoms with E-state index in [1.165, 1.54) is 0 Å². The number of esters is 1. The molecule has 2 aliphatic rings. The molecule has 2 atom stereocenters. The smallest absolute Gasteiger partial charge is 0.316 e. The van der Waals surface area contributed by atoms with Gasteiger partial charge >= 0.3 is 5.97 Å². The molecule has 1 saturated heterocycles. The van der Waals surface area contributed by atoms with Crippen LogP contribution in [0.5, 0.6) is 0 Å². The van der Waals surface area contributed by atoms with E-state index in [0.717, 1.165) is 12.8 Å². The molecule has 4 heteroatoms. The van der Waals surface area contributed by atoms with E-state index in [1.54, 1.807) is 6.92 Å². The Morgan fingerprint density at radius 2 is 2.36 bits per heavy atom. The number of ether oxygens (including phenoxy) is 1. The van der Waals surface area contributed by atoms with Gasteiger partial charge in [0.2, 0.25) is 0 Å². The van der Waals surface area contributed by atoms with Crippen molar-refractivity contribution in [3.8, 4) is 0 Å². The SMILES string of the molecule is CCO.N=C1OC(=O)C2CCC=CC12. The van der Waals surface area contributed by atoms with Crippen LogP contribution in [0.4, 0.5) is 0 Å². The van der Waals surface area contributed by atoms with Crippen molar-refractivity contribution in [2.75, 3.05) is 6.61 Å². The van der Waals surface area contributed by atoms with Crippen LogP contribution >= 0.6 is 0 Å². The van der Waals surface area contributed by atoms with Crippen LogP contribution < -0.4 is 0 Å². The number of allylic oxidation sites excluding steroid dienone is 1. The summed E-state index contributed by atoms with van der Waals surface area (Å²) in [4.78, 5) is 11.0. The van der Waals surface area contributed by atoms with Gasteiger partial charge in [-0.05, 0) is 19.8 Å². The van der Waals surface area contributed by atoms with E-state index < -0.39 is 0 Å². The summed E-state index contributed by atoms with van der Waals surface area (Å²) in [6.45, 7) is 1.93. The molecule has 14 heavy (non-hydrogen) atoms. The molecule has 2 rings (SSSR count). The van der Waals surface area contributed by atoms with Crippen LogP contribution in [-0.2, 0) is 9.53 Å². The number of nitrogens with one attached hydrogen (secondary N) is 1. The normalized spacial score (nSPS) is 29.0. The lowest BCUT2D eigenvalue weighted by atomic mass is 9.86. The van der Waals surface area contributed by atoms with Gasteiger partial charge in [0.05, 0.1) is 11.8 Å². The highest BCUT2D eigenvalue weighted by molar-refractivity contribution is 5.99. The van der Waals surface area contributed by atoms with Crippen LogP contribution in [-0.4, -0.2) is 23.6 Å². The highest BCUT2D eigenvalue weighted by Gasteiger charge is 2.40. The minimum atomic E-state index is -0.218. The monoisotopic (exact) mass is 197 g/mol. The molecule has 0 saturated carbocycles. The summed E-state index contributed by atoms with van der Waals surface area (Å²) in [7, 11) is 0. The fourth-order valence-electron chi connectivity index (χ4n) is 1.62. The maximum atomic E-state index is 11.0. The van der Waals surface area contributed by atoms with Crippen molar-refractivity contribution >= 4 is 11.9 Å². The van der Waals surface area contributed by atoms with E-state index in [-0.39, 0.29) is 30.3 Å². The number of hydrogen-bond donors (Lipinski definition) is 2. The zero-order chi connectivity index (χ0) is 10.6. The minimum absolute atomic E-state index is 0.0590. The van der Waals surface area contributed by atoms with Crippen LogP contribution in [0, 0.1) is 17.2 Å². The molecule has 1 fully saturated rings. The molecule has 0 aromatic carbocycles. The van der Waals surface area contributed by atoms with Crippen molar-refractivity contribution in [1.29, 1.82) is 5.41 Å². The molecule has 0 amide bonds. The number of hydrogen-bond acceptors (Lipinski definition) is 4. The van der Waals surface area contributed by atoms with Crippen molar-refractivity contribution in [1.82, 2.24) is 0 Å². The predicted octanol–water partition coefficient (Wildman–Crippen LogP) is 1.10. The summed E-state index contributed by atoms with van der Waals surface area (Å²) in [6, 6.07) is 0. The van der Waals surface area contributed by atoms with E-state index in [1.807, 2.05) is 12.2 Å². The summed E-state index contributed by atoms with van der Waals surface area (Å²) < 4.78 is 4.70. The first kappa shape index (κ1) is 10.9. The third kappa shape index (κ3) is 2.20. The lowest BCUT2D eigenvalue weighted by Crippen LogP contribution is -2.17. The van der Waals surface area contributed by atoms with E-state index >= 15 is 0 Å². The Bertz CT molecular complexity index is 260. The highest BCUT2D eigenvalue weighted by atomic mass is 16.5. The van der Waals surface area contributed by atoms with Crippen molar-refractivity contribution in [3.05, 3.63) is 12.2 Å². The molecule has 1 aliphatic heterocycles. The van der Waals surface area contributed by atoms with Crippen molar-refractivity contribution in [3.63, 3.8) is 0 Å². The number of aliphatic hydroxyl groups is 1. The van der Waals surface area contributed by atoms with Gasteiger partial charge in [-0.2, -0.15) is 0 Å². The maximum Gasteiger partial charge on any atom is 0.316 e. The van der Waals surface area contributed by atoms with Gasteiger partial charge in [0.1, 0.15) is 0 Å². The molecule has 0 bridgehead atoms. The summed E-state index contributed by atoms with van der Waals surface area (Å²) in [5.74, 6) is -0.218. The third-order valence-corrected chi connectivity index (χ3v) is 2.24. The van der Waals surface area contributed by atoms with Gasteiger partial charge in [0.25, 0.3) is 0 Å². The maximum absolute atomic E-state index is 11.0. The second-order valence-electron chi connectivity index (χ2n) is 3.24. The molecule has 78 valence electrons. The first-order valence-electron chi connectivity index (χ1n) is 4.78. The second kappa shape index (κ2) is 4.91. The zero-order valence-corrected chi connectivity index (χ0v) is 8.19. The highest BCUT2D eigenvalue weighted by Crippen LogP contribution is 2.32. The fraction of sp³-hybridized carbons (Fsp3) is 0.600. The van der Waals surface area contributed by atoms with E-state index in [9.17, 15) is 4.79 Å². The van der Waals surface area contributed by atoms with Gasteiger partial charge in [-0.25, -0.2) is 0 Å². The van der Waals surface area contributed by atoms with Gasteiger partial charge in [-0.15, -0.1) is 0 Å². The van der Waals surface area contributed by atoms with Crippen molar-refractivity contribution in [2.24, 2.45) is 11.8 Å². The molecule has 2 unspecified atom stereocenters. The van der Waals surface area contributed by atoms with Gasteiger partial charge in [0.15, 0.2) is 5.90 Å². The number of aliphatic hydroxyl groups excluding tert-OH is 1. The fourth-order valence-corrected chi connectivity index (χ4v) is 1.62. The molecule has 0 radical (unpaired) electrons. The predicted molar refractivity (Wildman–Crippen MR) is 51.9 cm³/mol. The van der Waals surface area contributed by atoms with Crippen LogP contribution in [0.3, 0.4) is 0 Å². The Morgan fingerprint density at radius 1 is 1.71 bits per heavy atom. The van der Waals surface area contributed by atoms with Crippen LogP contribution in [0.1, 0.15) is 19.8 Å². The first-order chi connectivity index (χ1) is 6.70. The Balaban J connectivity index is 0.000000293. The Hall–Kier alpha value is -1.16. The van der Waals surface area contributed by atoms with Crippen LogP contribution in [0.15, 0.2) is 12.2 Å². The number of carbonyl (C=O) groups is 1. The third-order valence-electron chi connectivity index (χ3n) is 2.24. The minimum Gasteiger partial charge on any atom is -0.411 e. The van der Waals surface area contributed by atoms with Crippen LogP contribution in [0.2, 0.25) is 0 Å². The quantitative estimate of drug-likeness (QED) is 0.451. The molecule has 1 aliphatic carbocycles. The number of carbonyl (C=O) groups excluding carboxylic acids is 1. The largest absolute Gasteiger partial charge is 0.411 e. The molecule has 4 nitrogen and oxygen atoms in total. The van der Waals surface area contributed by atoms with Crippen molar-refractivity contribution in [2.45, 2.75) is 19.8 Å². The lowest BCUT2D eigenvalue weighted by molar-refractivity contribution is -0.137. The van der Waals surface area contributed by atoms with E-state index in [0.29, 0.717) is 0 Å². The summed E-state index contributed by atoms with van der Waals surface area (Å²) in [6.07, 6.45) is 5.69. The van der Waals surface area contributed by atoms with Gasteiger partial charge in [-0.1, -0.05) is 12.2 Å². The first-order valence-corrected chi connectivity index (χ1v) is 4.78. The van der Waals surface area contributed by atoms with Gasteiger partial charge < -0.3 is 9.84 Å². The second-order valence-corrected chi connectivity index (χ2v) is 3.24. The van der Waals surface area contributed by atoms with Gasteiger partial charge in [-0.3, -0.25) is 10.2 Å². The Labute approximate surface area is 83.1 Å². The molecule has 0 spiro atoms. The van der Waals surface area contributed by atoms with Crippen LogP contribution in [0.25, 0.3) is 0 Å². The molecule has 0 aromatic rings. The molecule has 0 aromatic heterocycles. The molecular weight excluding hydrogens is 182 g/mol. The molecule has 1 heterocycles. The Morgan fingerprint density at radius 3 is 2.93 bits per heavy atom. The van der Waals surface area contributed by atoms with Crippen molar-refractivity contribution < 1.29 is 14.6 Å². The average molecular weight is 197 g/mol.